The lowest BCUT2D eigenvalue weighted by Gasteiger charge is -2.12. The molecule has 56 valence electrons. The third kappa shape index (κ3) is 3.92. The molecule has 0 aromatic rings. The molecule has 1 atom stereocenters. The van der Waals surface area contributed by atoms with Gasteiger partial charge in [0.2, 0.25) is 0 Å². The third-order valence-electron chi connectivity index (χ3n) is 1.10. The van der Waals surface area contributed by atoms with E-state index < -0.39 is 0 Å². The van der Waals surface area contributed by atoms with Crippen molar-refractivity contribution in [3.05, 3.63) is 12.7 Å². The van der Waals surface area contributed by atoms with E-state index in [0.717, 1.165) is 0 Å². The standard InChI is InChI=1S/C8H12S2/c1-5-8(7(3)4)10-9-6-2/h2,5,7-8H,1H2,3-4H3. The summed E-state index contributed by atoms with van der Waals surface area (Å²) < 4.78 is 0. The molecule has 0 aliphatic carbocycles. The largest absolute Gasteiger partial charge is 0.107 e. The van der Waals surface area contributed by atoms with Gasteiger partial charge >= 0.3 is 0 Å². The fourth-order valence-corrected chi connectivity index (χ4v) is 2.38. The number of terminal acetylenes is 1. The van der Waals surface area contributed by atoms with Gasteiger partial charge in [-0.1, -0.05) is 30.7 Å². The lowest BCUT2D eigenvalue weighted by molar-refractivity contribution is 0.681. The number of hydrogen-bond donors (Lipinski definition) is 0. The van der Waals surface area contributed by atoms with Gasteiger partial charge in [0.15, 0.2) is 0 Å². The molecule has 0 rings (SSSR count). The Morgan fingerprint density at radius 1 is 1.60 bits per heavy atom. The van der Waals surface area contributed by atoms with Crippen LogP contribution in [0.3, 0.4) is 0 Å². The van der Waals surface area contributed by atoms with Crippen molar-refractivity contribution in [2.24, 2.45) is 5.92 Å². The van der Waals surface area contributed by atoms with Crippen LogP contribution in [0.25, 0.3) is 0 Å². The van der Waals surface area contributed by atoms with Gasteiger partial charge in [-0.2, -0.15) is 0 Å². The fraction of sp³-hybridized carbons (Fsp3) is 0.500. The molecule has 0 spiro atoms. The smallest absolute Gasteiger partial charge is 0.0360 e. The predicted molar refractivity (Wildman–Crippen MR) is 52.8 cm³/mol. The van der Waals surface area contributed by atoms with E-state index >= 15 is 0 Å². The Morgan fingerprint density at radius 3 is 2.50 bits per heavy atom. The first-order valence-electron chi connectivity index (χ1n) is 3.12. The minimum Gasteiger partial charge on any atom is -0.107 e. The summed E-state index contributed by atoms with van der Waals surface area (Å²) in [5.41, 5.74) is 0. The van der Waals surface area contributed by atoms with Crippen LogP contribution in [-0.2, 0) is 0 Å². The second kappa shape index (κ2) is 5.76. The molecule has 0 radical (unpaired) electrons. The summed E-state index contributed by atoms with van der Waals surface area (Å²) in [7, 11) is 3.13. The first-order valence-corrected chi connectivity index (χ1v) is 5.34. The van der Waals surface area contributed by atoms with E-state index in [1.165, 1.54) is 10.8 Å². The molecule has 0 bridgehead atoms. The van der Waals surface area contributed by atoms with Crippen LogP contribution < -0.4 is 0 Å². The van der Waals surface area contributed by atoms with Gasteiger partial charge in [-0.15, -0.1) is 13.0 Å². The van der Waals surface area contributed by atoms with Crippen LogP contribution in [0.15, 0.2) is 12.7 Å². The van der Waals surface area contributed by atoms with Gasteiger partial charge in [0.05, 0.1) is 0 Å². The quantitative estimate of drug-likeness (QED) is 0.363. The van der Waals surface area contributed by atoms with Crippen molar-refractivity contribution in [2.75, 3.05) is 0 Å². The van der Waals surface area contributed by atoms with Gasteiger partial charge in [0, 0.05) is 5.25 Å². The van der Waals surface area contributed by atoms with Crippen molar-refractivity contribution in [3.8, 4) is 11.7 Å². The van der Waals surface area contributed by atoms with E-state index in [9.17, 15) is 0 Å². The summed E-state index contributed by atoms with van der Waals surface area (Å²) in [6, 6.07) is 0. The molecule has 0 aliphatic heterocycles. The second-order valence-electron chi connectivity index (χ2n) is 2.24. The van der Waals surface area contributed by atoms with Gasteiger partial charge in [0.25, 0.3) is 0 Å². The summed E-state index contributed by atoms with van der Waals surface area (Å²) in [4.78, 5) is 0. The van der Waals surface area contributed by atoms with Crippen LogP contribution in [0, 0.1) is 17.6 Å². The van der Waals surface area contributed by atoms with E-state index in [2.05, 4.69) is 25.7 Å². The Labute approximate surface area is 71.2 Å². The molecule has 10 heavy (non-hydrogen) atoms. The maximum absolute atomic E-state index is 5.09. The highest BCUT2D eigenvalue weighted by Gasteiger charge is 2.08. The minimum absolute atomic E-state index is 0.473. The summed E-state index contributed by atoms with van der Waals surface area (Å²) >= 11 is 0. The van der Waals surface area contributed by atoms with Crippen LogP contribution >= 0.6 is 21.6 Å². The van der Waals surface area contributed by atoms with Crippen molar-refractivity contribution >= 4 is 21.6 Å². The van der Waals surface area contributed by atoms with Gasteiger partial charge in [-0.3, -0.25) is 0 Å². The molecule has 0 N–H and O–H groups in total. The van der Waals surface area contributed by atoms with E-state index in [0.29, 0.717) is 11.2 Å². The molecule has 0 amide bonds. The first-order chi connectivity index (χ1) is 4.72. The zero-order valence-corrected chi connectivity index (χ0v) is 7.97. The molecule has 0 saturated carbocycles. The van der Waals surface area contributed by atoms with E-state index in [-0.39, 0.29) is 0 Å². The summed E-state index contributed by atoms with van der Waals surface area (Å²) in [6.07, 6.45) is 7.03. The van der Waals surface area contributed by atoms with E-state index in [1.54, 1.807) is 10.8 Å². The number of rotatable bonds is 4. The highest BCUT2D eigenvalue weighted by molar-refractivity contribution is 8.78. The number of hydrogen-bond acceptors (Lipinski definition) is 2. The normalized spacial score (nSPS) is 12.6. The zero-order chi connectivity index (χ0) is 7.98. The van der Waals surface area contributed by atoms with E-state index in [4.69, 9.17) is 6.42 Å². The maximum atomic E-state index is 5.09. The summed E-state index contributed by atoms with van der Waals surface area (Å²) in [6.45, 7) is 8.06. The molecule has 0 heterocycles. The predicted octanol–water partition coefficient (Wildman–Crippen LogP) is 3.17. The molecular formula is C8H12S2. The average molecular weight is 172 g/mol. The Balaban J connectivity index is 3.63. The first kappa shape index (κ1) is 10.0. The van der Waals surface area contributed by atoms with Crippen molar-refractivity contribution in [1.29, 1.82) is 0 Å². The highest BCUT2D eigenvalue weighted by Crippen LogP contribution is 2.30. The van der Waals surface area contributed by atoms with Crippen LogP contribution in [0.1, 0.15) is 13.8 Å². The van der Waals surface area contributed by atoms with Crippen molar-refractivity contribution in [1.82, 2.24) is 0 Å². The molecule has 0 fully saturated rings. The van der Waals surface area contributed by atoms with E-state index in [1.807, 2.05) is 6.08 Å². The van der Waals surface area contributed by atoms with Crippen LogP contribution in [-0.4, -0.2) is 5.25 Å². The molecule has 1 unspecified atom stereocenters. The monoisotopic (exact) mass is 172 g/mol. The molecule has 0 saturated heterocycles. The topological polar surface area (TPSA) is 0 Å². The Hall–Kier alpha value is -0.0000000000000000555. The summed E-state index contributed by atoms with van der Waals surface area (Å²) in [5, 5.41) is 2.99. The lowest BCUT2D eigenvalue weighted by Crippen LogP contribution is -2.04. The molecule has 2 heteroatoms. The average Bonchev–Trinajstić information content (AvgIpc) is 1.89. The second-order valence-corrected chi connectivity index (χ2v) is 4.46. The van der Waals surface area contributed by atoms with Crippen molar-refractivity contribution < 1.29 is 0 Å². The molecule has 0 aliphatic rings. The highest BCUT2D eigenvalue weighted by atomic mass is 33.1. The van der Waals surface area contributed by atoms with Crippen molar-refractivity contribution in [2.45, 2.75) is 19.1 Å². The van der Waals surface area contributed by atoms with Crippen LogP contribution in [0.4, 0.5) is 0 Å². The summed E-state index contributed by atoms with van der Waals surface area (Å²) in [5.74, 6) is 0.614. The lowest BCUT2D eigenvalue weighted by atomic mass is 10.1. The molecule has 0 nitrogen and oxygen atoms in total. The van der Waals surface area contributed by atoms with Crippen LogP contribution in [0.5, 0.6) is 0 Å². The minimum atomic E-state index is 0.473. The van der Waals surface area contributed by atoms with Gasteiger partial charge < -0.3 is 0 Å². The van der Waals surface area contributed by atoms with Gasteiger partial charge in [-0.25, -0.2) is 0 Å². The molecule has 0 aromatic heterocycles. The molecular weight excluding hydrogens is 160 g/mol. The van der Waals surface area contributed by atoms with Gasteiger partial charge in [0.1, 0.15) is 0 Å². The Morgan fingerprint density at radius 2 is 2.20 bits per heavy atom. The maximum Gasteiger partial charge on any atom is 0.0360 e. The zero-order valence-electron chi connectivity index (χ0n) is 6.33. The van der Waals surface area contributed by atoms with Crippen LogP contribution in [0.2, 0.25) is 0 Å². The Bertz CT molecular complexity index is 133. The third-order valence-corrected chi connectivity index (χ3v) is 3.49. The Kier molecular flexibility index (Phi) is 5.76. The fourth-order valence-electron chi connectivity index (χ4n) is 0.506. The SMILES string of the molecule is C#CSSC(C=C)C(C)C. The van der Waals surface area contributed by atoms with Gasteiger partial charge in [-0.05, 0) is 22.0 Å². The molecule has 0 aromatic carbocycles. The van der Waals surface area contributed by atoms with Crippen molar-refractivity contribution in [3.63, 3.8) is 0 Å².